The number of benzene rings is 1. The van der Waals surface area contributed by atoms with E-state index < -0.39 is 0 Å². The molecular formula is C18H27NO4. The van der Waals surface area contributed by atoms with Crippen LogP contribution in [0.1, 0.15) is 43.6 Å². The molecule has 2 rings (SSSR count). The molecule has 0 bridgehead atoms. The second-order valence-electron chi connectivity index (χ2n) is 6.31. The summed E-state index contributed by atoms with van der Waals surface area (Å²) in [6.45, 7) is -0.0746. The number of ether oxygens (including phenoxy) is 2. The Kier molecular flexibility index (Phi) is 6.28. The van der Waals surface area contributed by atoms with Gasteiger partial charge in [-0.05, 0) is 43.4 Å². The Hall–Kier alpha value is -1.75. The summed E-state index contributed by atoms with van der Waals surface area (Å²) < 4.78 is 11.5. The van der Waals surface area contributed by atoms with Crippen molar-refractivity contribution in [1.82, 2.24) is 4.90 Å². The predicted octanol–water partition coefficient (Wildman–Crippen LogP) is 2.57. The van der Waals surface area contributed by atoms with E-state index in [2.05, 4.69) is 0 Å². The molecule has 0 aliphatic heterocycles. The Bertz CT molecular complexity index is 524. The molecule has 0 saturated heterocycles. The first-order valence-electron chi connectivity index (χ1n) is 8.20. The molecule has 128 valence electrons. The van der Waals surface area contributed by atoms with Gasteiger partial charge in [0.2, 0.25) is 5.91 Å². The van der Waals surface area contributed by atoms with Crippen molar-refractivity contribution in [2.75, 3.05) is 27.8 Å². The van der Waals surface area contributed by atoms with Crippen LogP contribution in [0.15, 0.2) is 18.2 Å². The highest BCUT2D eigenvalue weighted by atomic mass is 16.5. The van der Waals surface area contributed by atoms with E-state index in [9.17, 15) is 9.90 Å². The van der Waals surface area contributed by atoms with Gasteiger partial charge in [0.05, 0.1) is 19.8 Å². The number of hydrogen-bond acceptors (Lipinski definition) is 4. The number of amides is 1. The molecule has 1 aliphatic carbocycles. The van der Waals surface area contributed by atoms with E-state index in [-0.39, 0.29) is 31.0 Å². The van der Waals surface area contributed by atoms with Gasteiger partial charge in [-0.15, -0.1) is 0 Å². The van der Waals surface area contributed by atoms with Gasteiger partial charge >= 0.3 is 0 Å². The molecule has 1 saturated carbocycles. The smallest absolute Gasteiger partial charge is 0.222 e. The van der Waals surface area contributed by atoms with Crippen LogP contribution in [0.5, 0.6) is 11.5 Å². The average Bonchev–Trinajstić information content (AvgIpc) is 3.05. The highest BCUT2D eigenvalue weighted by Gasteiger charge is 2.21. The van der Waals surface area contributed by atoms with Crippen molar-refractivity contribution in [3.8, 4) is 11.5 Å². The summed E-state index contributed by atoms with van der Waals surface area (Å²) in [5.74, 6) is 1.16. The number of carbonyl (C=O) groups excluding carboxylic acids is 1. The maximum atomic E-state index is 11.9. The first-order chi connectivity index (χ1) is 11.0. The van der Waals surface area contributed by atoms with E-state index in [1.54, 1.807) is 26.1 Å². The van der Waals surface area contributed by atoms with Crippen LogP contribution in [-0.4, -0.2) is 49.8 Å². The van der Waals surface area contributed by atoms with Gasteiger partial charge in [0.1, 0.15) is 0 Å². The van der Waals surface area contributed by atoms with E-state index in [4.69, 9.17) is 9.47 Å². The Labute approximate surface area is 138 Å². The average molecular weight is 321 g/mol. The first kappa shape index (κ1) is 17.6. The molecule has 0 unspecified atom stereocenters. The molecule has 5 heteroatoms. The molecule has 0 spiro atoms. The van der Waals surface area contributed by atoms with Crippen LogP contribution >= 0.6 is 0 Å². The quantitative estimate of drug-likeness (QED) is 0.838. The molecule has 1 atom stereocenters. The van der Waals surface area contributed by atoms with Gasteiger partial charge in [0, 0.05) is 26.4 Å². The normalized spacial score (nSPS) is 16.2. The molecule has 0 radical (unpaired) electrons. The Morgan fingerprint density at radius 2 is 2.00 bits per heavy atom. The summed E-state index contributed by atoms with van der Waals surface area (Å²) in [7, 11) is 5.06. The lowest BCUT2D eigenvalue weighted by Crippen LogP contribution is -2.24. The van der Waals surface area contributed by atoms with Crippen LogP contribution < -0.4 is 9.47 Å². The minimum atomic E-state index is -0.235. The van der Waals surface area contributed by atoms with Crippen molar-refractivity contribution in [1.29, 1.82) is 0 Å². The van der Waals surface area contributed by atoms with E-state index in [0.717, 1.165) is 18.4 Å². The Morgan fingerprint density at radius 1 is 1.30 bits per heavy atom. The second-order valence-corrected chi connectivity index (χ2v) is 6.31. The largest absolute Gasteiger partial charge is 0.493 e. The lowest BCUT2D eigenvalue weighted by atomic mass is 9.95. The lowest BCUT2D eigenvalue weighted by Gasteiger charge is -2.20. The monoisotopic (exact) mass is 321 g/mol. The van der Waals surface area contributed by atoms with Crippen molar-refractivity contribution >= 4 is 5.91 Å². The van der Waals surface area contributed by atoms with Crippen LogP contribution in [0.25, 0.3) is 0 Å². The van der Waals surface area contributed by atoms with Gasteiger partial charge in [0.25, 0.3) is 0 Å². The minimum Gasteiger partial charge on any atom is -0.493 e. The van der Waals surface area contributed by atoms with Crippen molar-refractivity contribution < 1.29 is 19.4 Å². The van der Waals surface area contributed by atoms with Gasteiger partial charge in [0.15, 0.2) is 11.5 Å². The number of aliphatic hydroxyl groups excluding tert-OH is 1. The number of methoxy groups -OCH3 is 1. The summed E-state index contributed by atoms with van der Waals surface area (Å²) in [5, 5.41) is 9.67. The van der Waals surface area contributed by atoms with E-state index in [1.165, 1.54) is 12.8 Å². The molecule has 1 N–H and O–H groups in total. The Balaban J connectivity index is 2.18. The van der Waals surface area contributed by atoms with Crippen LogP contribution in [0.4, 0.5) is 0 Å². The fraction of sp³-hybridized carbons (Fsp3) is 0.611. The number of aliphatic hydroxyl groups is 1. The van der Waals surface area contributed by atoms with E-state index in [1.807, 2.05) is 18.2 Å². The summed E-state index contributed by atoms with van der Waals surface area (Å²) in [4.78, 5) is 13.5. The maximum absolute atomic E-state index is 11.9. The molecule has 1 aromatic rings. The standard InChI is InChI=1S/C18H27NO4/c1-19(2)18(21)11-14(12-20)13-8-9-16(22-3)17(10-13)23-15-6-4-5-7-15/h8-10,14-15,20H,4-7,11-12H2,1-3H3/t14-/m0/s1. The van der Waals surface area contributed by atoms with E-state index in [0.29, 0.717) is 11.5 Å². The third-order valence-corrected chi connectivity index (χ3v) is 4.40. The summed E-state index contributed by atoms with van der Waals surface area (Å²) in [6, 6.07) is 5.65. The zero-order chi connectivity index (χ0) is 16.8. The van der Waals surface area contributed by atoms with Gasteiger partial charge < -0.3 is 19.5 Å². The van der Waals surface area contributed by atoms with Crippen LogP contribution in [0.3, 0.4) is 0 Å². The minimum absolute atomic E-state index is 0.00173. The zero-order valence-electron chi connectivity index (χ0n) is 14.2. The van der Waals surface area contributed by atoms with Crippen molar-refractivity contribution in [3.63, 3.8) is 0 Å². The summed E-state index contributed by atoms with van der Waals surface area (Å²) >= 11 is 0. The highest BCUT2D eigenvalue weighted by molar-refractivity contribution is 5.76. The highest BCUT2D eigenvalue weighted by Crippen LogP contribution is 2.35. The summed E-state index contributed by atoms with van der Waals surface area (Å²) in [5.41, 5.74) is 0.900. The van der Waals surface area contributed by atoms with Crippen molar-refractivity contribution in [2.24, 2.45) is 0 Å². The molecule has 1 fully saturated rings. The number of hydrogen-bond donors (Lipinski definition) is 1. The third kappa shape index (κ3) is 4.61. The predicted molar refractivity (Wildman–Crippen MR) is 89.0 cm³/mol. The van der Waals surface area contributed by atoms with Crippen LogP contribution in [0, 0.1) is 0 Å². The van der Waals surface area contributed by atoms with Gasteiger partial charge in [-0.3, -0.25) is 4.79 Å². The molecule has 1 amide bonds. The van der Waals surface area contributed by atoms with Gasteiger partial charge in [-0.1, -0.05) is 6.07 Å². The fourth-order valence-electron chi connectivity index (χ4n) is 2.91. The van der Waals surface area contributed by atoms with Crippen molar-refractivity contribution in [2.45, 2.75) is 44.1 Å². The third-order valence-electron chi connectivity index (χ3n) is 4.40. The molecule has 5 nitrogen and oxygen atoms in total. The molecule has 0 aromatic heterocycles. The molecular weight excluding hydrogens is 294 g/mol. The lowest BCUT2D eigenvalue weighted by molar-refractivity contribution is -0.129. The molecule has 1 aliphatic rings. The number of rotatable bonds is 7. The summed E-state index contributed by atoms with van der Waals surface area (Å²) in [6.07, 6.45) is 5.03. The molecule has 23 heavy (non-hydrogen) atoms. The fourth-order valence-corrected chi connectivity index (χ4v) is 2.91. The van der Waals surface area contributed by atoms with Crippen molar-refractivity contribution in [3.05, 3.63) is 23.8 Å². The first-order valence-corrected chi connectivity index (χ1v) is 8.20. The van der Waals surface area contributed by atoms with Crippen LogP contribution in [-0.2, 0) is 4.79 Å². The topological polar surface area (TPSA) is 59.0 Å². The molecule has 1 aromatic carbocycles. The Morgan fingerprint density at radius 3 is 2.57 bits per heavy atom. The number of carbonyl (C=O) groups is 1. The second kappa shape index (κ2) is 8.20. The van der Waals surface area contributed by atoms with Gasteiger partial charge in [-0.2, -0.15) is 0 Å². The van der Waals surface area contributed by atoms with Gasteiger partial charge in [-0.25, -0.2) is 0 Å². The maximum Gasteiger partial charge on any atom is 0.222 e. The number of nitrogens with zero attached hydrogens (tertiary/aromatic N) is 1. The zero-order valence-corrected chi connectivity index (χ0v) is 14.2. The molecule has 0 heterocycles. The van der Waals surface area contributed by atoms with E-state index >= 15 is 0 Å². The van der Waals surface area contributed by atoms with Crippen LogP contribution in [0.2, 0.25) is 0 Å². The SMILES string of the molecule is COc1ccc([C@H](CO)CC(=O)N(C)C)cc1OC1CCCC1.